The van der Waals surface area contributed by atoms with Crippen LogP contribution in [0.2, 0.25) is 0 Å². The molecule has 1 fully saturated rings. The summed E-state index contributed by atoms with van der Waals surface area (Å²) in [4.78, 5) is 28.3. The van der Waals surface area contributed by atoms with E-state index in [-0.39, 0.29) is 24.2 Å². The van der Waals surface area contributed by atoms with Crippen LogP contribution < -0.4 is 15.4 Å². The lowest BCUT2D eigenvalue weighted by molar-refractivity contribution is 0.0784. The summed E-state index contributed by atoms with van der Waals surface area (Å²) in [7, 11) is 1.56. The molecule has 9 nitrogen and oxygen atoms in total. The first-order valence-corrected chi connectivity index (χ1v) is 11.5. The number of methoxy groups -OCH3 is 1. The van der Waals surface area contributed by atoms with E-state index in [4.69, 9.17) is 14.9 Å². The predicted octanol–water partition coefficient (Wildman–Crippen LogP) is 2.86. The van der Waals surface area contributed by atoms with Gasteiger partial charge in [-0.15, -0.1) is 0 Å². The first kappa shape index (κ1) is 22.9. The van der Waals surface area contributed by atoms with Gasteiger partial charge in [-0.2, -0.15) is 0 Å². The molecule has 4 aromatic rings. The van der Waals surface area contributed by atoms with Gasteiger partial charge in [0.25, 0.3) is 0 Å². The number of pyridine rings is 3. The Morgan fingerprint density at radius 1 is 1.23 bits per heavy atom. The molecule has 5 rings (SSSR count). The van der Waals surface area contributed by atoms with Gasteiger partial charge >= 0.3 is 0 Å². The standard InChI is InChI=1S/C26H27N5O4/c1-15-13-31(14-18(27)26(15)33)21-7-8-28-11-17(21)9-22(32)19-4-5-23-20(30-19)10-24(35-23)16-3-6-25(34-2)29-12-16/h3-8,10-12,15,18,26,33H,9,13-14,27H2,1-2H3/t15-,18+,26+/m0/s1. The summed E-state index contributed by atoms with van der Waals surface area (Å²) < 4.78 is 11.0. The third-order valence-electron chi connectivity index (χ3n) is 6.42. The lowest BCUT2D eigenvalue weighted by Crippen LogP contribution is -2.55. The van der Waals surface area contributed by atoms with E-state index in [0.29, 0.717) is 41.5 Å². The van der Waals surface area contributed by atoms with Crippen molar-refractivity contribution in [2.24, 2.45) is 11.7 Å². The second-order valence-corrected chi connectivity index (χ2v) is 8.92. The number of fused-ring (bicyclic) bond motifs is 1. The molecule has 0 aromatic carbocycles. The van der Waals surface area contributed by atoms with E-state index in [1.54, 1.807) is 50.0 Å². The molecule has 9 heteroatoms. The SMILES string of the molecule is COc1ccc(-c2cc3nc(C(=O)Cc4cnccc4N4C[C@@H](N)[C@H](O)[C@@H](C)C4)ccc3o2)cn1. The maximum absolute atomic E-state index is 13.2. The monoisotopic (exact) mass is 473 g/mol. The van der Waals surface area contributed by atoms with Gasteiger partial charge in [0, 0.05) is 79.0 Å². The Hall–Kier alpha value is -3.82. The van der Waals surface area contributed by atoms with Gasteiger partial charge < -0.3 is 24.9 Å². The smallest absolute Gasteiger partial charge is 0.212 e. The fraction of sp³-hybridized carbons (Fsp3) is 0.308. The minimum atomic E-state index is -0.539. The van der Waals surface area contributed by atoms with Crippen molar-refractivity contribution < 1.29 is 19.1 Å². The van der Waals surface area contributed by atoms with E-state index in [2.05, 4.69) is 19.9 Å². The number of ketones is 1. The molecule has 0 unspecified atom stereocenters. The number of ether oxygens (including phenoxy) is 1. The summed E-state index contributed by atoms with van der Waals surface area (Å²) in [5.41, 5.74) is 10.2. The number of carbonyl (C=O) groups is 1. The molecule has 3 N–H and O–H groups in total. The number of hydrogen-bond acceptors (Lipinski definition) is 9. The van der Waals surface area contributed by atoms with E-state index in [1.165, 1.54) is 0 Å². The number of rotatable bonds is 6. The van der Waals surface area contributed by atoms with Gasteiger partial charge in [-0.05, 0) is 24.3 Å². The van der Waals surface area contributed by atoms with Gasteiger partial charge in [0.2, 0.25) is 5.88 Å². The van der Waals surface area contributed by atoms with Crippen LogP contribution in [0.1, 0.15) is 23.0 Å². The quantitative estimate of drug-likeness (QED) is 0.406. The van der Waals surface area contributed by atoms with E-state index < -0.39 is 6.10 Å². The molecule has 1 aliphatic heterocycles. The fourth-order valence-corrected chi connectivity index (χ4v) is 4.51. The summed E-state index contributed by atoms with van der Waals surface area (Å²) in [6.07, 6.45) is 4.69. The number of furan rings is 1. The van der Waals surface area contributed by atoms with Gasteiger partial charge in [0.15, 0.2) is 11.4 Å². The van der Waals surface area contributed by atoms with Gasteiger partial charge in [0.1, 0.15) is 17.0 Å². The lowest BCUT2D eigenvalue weighted by atomic mass is 9.92. The molecule has 0 radical (unpaired) electrons. The van der Waals surface area contributed by atoms with Crippen molar-refractivity contribution in [2.45, 2.75) is 25.5 Å². The Morgan fingerprint density at radius 2 is 2.09 bits per heavy atom. The number of aromatic nitrogens is 3. The van der Waals surface area contributed by atoms with Crippen molar-refractivity contribution in [2.75, 3.05) is 25.1 Å². The summed E-state index contributed by atoms with van der Waals surface area (Å²) in [6, 6.07) is 10.4. The molecule has 4 aromatic heterocycles. The predicted molar refractivity (Wildman–Crippen MR) is 131 cm³/mol. The highest BCUT2D eigenvalue weighted by atomic mass is 16.5. The van der Waals surface area contributed by atoms with Crippen LogP contribution in [-0.4, -0.2) is 58.2 Å². The summed E-state index contributed by atoms with van der Waals surface area (Å²) in [5.74, 6) is 1.03. The van der Waals surface area contributed by atoms with Crippen LogP contribution in [0.3, 0.4) is 0 Å². The van der Waals surface area contributed by atoms with Gasteiger partial charge in [-0.3, -0.25) is 9.78 Å². The Kier molecular flexibility index (Phi) is 6.19. The minimum Gasteiger partial charge on any atom is -0.481 e. The number of Topliss-reactive ketones (excluding diaryl/α,β-unsaturated/α-hetero) is 1. The largest absolute Gasteiger partial charge is 0.481 e. The summed E-state index contributed by atoms with van der Waals surface area (Å²) in [6.45, 7) is 3.14. The molecular formula is C26H27N5O4. The van der Waals surface area contributed by atoms with Crippen LogP contribution >= 0.6 is 0 Å². The first-order valence-electron chi connectivity index (χ1n) is 11.5. The van der Waals surface area contributed by atoms with Crippen molar-refractivity contribution in [1.82, 2.24) is 15.0 Å². The highest BCUT2D eigenvalue weighted by molar-refractivity contribution is 5.98. The molecule has 0 spiro atoms. The molecule has 1 saturated heterocycles. The van der Waals surface area contributed by atoms with Gasteiger partial charge in [-0.1, -0.05) is 6.92 Å². The van der Waals surface area contributed by atoms with Crippen LogP contribution in [0.25, 0.3) is 22.4 Å². The molecule has 5 heterocycles. The normalized spacial score (nSPS) is 20.2. The van der Waals surface area contributed by atoms with E-state index >= 15 is 0 Å². The fourth-order valence-electron chi connectivity index (χ4n) is 4.51. The Bertz CT molecular complexity index is 1340. The van der Waals surface area contributed by atoms with Gasteiger partial charge in [-0.25, -0.2) is 9.97 Å². The average Bonchev–Trinajstić information content (AvgIpc) is 3.31. The lowest BCUT2D eigenvalue weighted by Gasteiger charge is -2.40. The second kappa shape index (κ2) is 9.44. The molecule has 3 atom stereocenters. The maximum atomic E-state index is 13.2. The molecule has 180 valence electrons. The molecule has 0 amide bonds. The van der Waals surface area contributed by atoms with Crippen LogP contribution in [0, 0.1) is 5.92 Å². The zero-order valence-electron chi connectivity index (χ0n) is 19.6. The number of nitrogens with two attached hydrogens (primary N) is 1. The van der Waals surface area contributed by atoms with Gasteiger partial charge in [0.05, 0.1) is 13.2 Å². The number of piperidine rings is 1. The number of carbonyl (C=O) groups excluding carboxylic acids is 1. The van der Waals surface area contributed by atoms with E-state index in [0.717, 1.165) is 16.8 Å². The molecule has 1 aliphatic rings. The van der Waals surface area contributed by atoms with E-state index in [9.17, 15) is 9.90 Å². The van der Waals surface area contributed by atoms with Crippen molar-refractivity contribution in [3.63, 3.8) is 0 Å². The highest BCUT2D eigenvalue weighted by Gasteiger charge is 2.32. The average molecular weight is 474 g/mol. The number of anilines is 1. The number of nitrogens with zero attached hydrogens (tertiary/aromatic N) is 4. The minimum absolute atomic E-state index is 0.0238. The second-order valence-electron chi connectivity index (χ2n) is 8.92. The zero-order chi connectivity index (χ0) is 24.5. The maximum Gasteiger partial charge on any atom is 0.212 e. The Labute approximate surface area is 202 Å². The van der Waals surface area contributed by atoms with Crippen molar-refractivity contribution in [3.8, 4) is 17.2 Å². The van der Waals surface area contributed by atoms with E-state index in [1.807, 2.05) is 19.1 Å². The topological polar surface area (TPSA) is 128 Å². The number of aliphatic hydroxyl groups excluding tert-OH is 1. The summed E-state index contributed by atoms with van der Waals surface area (Å²) in [5, 5.41) is 10.2. The number of hydrogen-bond donors (Lipinski definition) is 2. The van der Waals surface area contributed by atoms with Crippen LogP contribution in [0.15, 0.2) is 59.4 Å². The van der Waals surface area contributed by atoms with Crippen molar-refractivity contribution in [3.05, 3.63) is 66.2 Å². The van der Waals surface area contributed by atoms with Crippen molar-refractivity contribution in [1.29, 1.82) is 0 Å². The molecule has 0 bridgehead atoms. The third kappa shape index (κ3) is 4.60. The van der Waals surface area contributed by atoms with Crippen LogP contribution in [-0.2, 0) is 6.42 Å². The zero-order valence-corrected chi connectivity index (χ0v) is 19.6. The van der Waals surface area contributed by atoms with Crippen LogP contribution in [0.5, 0.6) is 5.88 Å². The summed E-state index contributed by atoms with van der Waals surface area (Å²) >= 11 is 0. The molecule has 0 saturated carbocycles. The van der Waals surface area contributed by atoms with Crippen molar-refractivity contribution >= 4 is 22.6 Å². The Morgan fingerprint density at radius 3 is 2.83 bits per heavy atom. The van der Waals surface area contributed by atoms with Crippen LogP contribution in [0.4, 0.5) is 5.69 Å². The molecule has 0 aliphatic carbocycles. The first-order chi connectivity index (χ1) is 16.9. The molecular weight excluding hydrogens is 446 g/mol. The third-order valence-corrected chi connectivity index (χ3v) is 6.42. The highest BCUT2D eigenvalue weighted by Crippen LogP contribution is 2.29. The molecule has 35 heavy (non-hydrogen) atoms. The Balaban J connectivity index is 1.37. The number of aliphatic hydroxyl groups is 1.